The molecule has 88 valence electrons. The molecule has 0 spiro atoms. The maximum Gasteiger partial charge on any atom is 0.138 e. The molecule has 0 bridgehead atoms. The molecule has 0 saturated carbocycles. The number of rotatable bonds is 4. The van der Waals surface area contributed by atoms with E-state index in [1.807, 2.05) is 17.8 Å². The summed E-state index contributed by atoms with van der Waals surface area (Å²) in [4.78, 5) is 9.87. The van der Waals surface area contributed by atoms with Crippen molar-refractivity contribution in [1.29, 1.82) is 0 Å². The van der Waals surface area contributed by atoms with Crippen molar-refractivity contribution in [3.63, 3.8) is 0 Å². The van der Waals surface area contributed by atoms with Crippen LogP contribution in [0.1, 0.15) is 12.7 Å². The van der Waals surface area contributed by atoms with Crippen LogP contribution in [-0.2, 0) is 5.75 Å². The third-order valence-corrected chi connectivity index (χ3v) is 3.48. The van der Waals surface area contributed by atoms with E-state index in [2.05, 4.69) is 53.8 Å². The van der Waals surface area contributed by atoms with Crippen LogP contribution in [0.5, 0.6) is 0 Å². The average Bonchev–Trinajstić information content (AvgIpc) is 2.40. The van der Waals surface area contributed by atoms with Crippen molar-refractivity contribution in [2.75, 3.05) is 5.75 Å². The Morgan fingerprint density at radius 2 is 1.94 bits per heavy atom. The van der Waals surface area contributed by atoms with Crippen LogP contribution in [0.25, 0.3) is 11.3 Å². The molecule has 1 aromatic heterocycles. The molecule has 2 rings (SSSR count). The fourth-order valence-electron chi connectivity index (χ4n) is 1.52. The molecule has 2 nitrogen and oxygen atoms in total. The summed E-state index contributed by atoms with van der Waals surface area (Å²) in [6.07, 6.45) is 1.78. The molecule has 0 saturated heterocycles. The van der Waals surface area contributed by atoms with Crippen molar-refractivity contribution in [2.45, 2.75) is 17.6 Å². The van der Waals surface area contributed by atoms with E-state index in [1.165, 1.54) is 4.90 Å². The first-order valence-corrected chi connectivity index (χ1v) is 7.11. The van der Waals surface area contributed by atoms with Gasteiger partial charge < -0.3 is 0 Å². The first-order valence-electron chi connectivity index (χ1n) is 5.49. The quantitative estimate of drug-likeness (QED) is 0.672. The number of aromatic nitrogens is 2. The van der Waals surface area contributed by atoms with E-state index in [-0.39, 0.29) is 0 Å². The normalized spacial score (nSPS) is 10.5. The molecule has 0 aliphatic heterocycles. The standard InChI is InChI=1S/C13H14N2S2/c1-2-17-11-5-3-10(4-6-11)12-7-8-14-13(9-16)15-12/h3-8,16H,2,9H2,1H3. The van der Waals surface area contributed by atoms with Crippen molar-refractivity contribution in [2.24, 2.45) is 0 Å². The van der Waals surface area contributed by atoms with Gasteiger partial charge in [0.25, 0.3) is 0 Å². The second-order valence-electron chi connectivity index (χ2n) is 3.47. The highest BCUT2D eigenvalue weighted by atomic mass is 32.2. The lowest BCUT2D eigenvalue weighted by Gasteiger charge is -2.03. The summed E-state index contributed by atoms with van der Waals surface area (Å²) in [5.74, 6) is 2.42. The summed E-state index contributed by atoms with van der Waals surface area (Å²) in [6, 6.07) is 10.4. The van der Waals surface area contributed by atoms with E-state index in [4.69, 9.17) is 0 Å². The number of thiol groups is 1. The lowest BCUT2D eigenvalue weighted by molar-refractivity contribution is 1.04. The van der Waals surface area contributed by atoms with Gasteiger partial charge in [0, 0.05) is 16.7 Å². The molecule has 0 atom stereocenters. The molecular formula is C13H14N2S2. The van der Waals surface area contributed by atoms with Gasteiger partial charge in [0.2, 0.25) is 0 Å². The minimum absolute atomic E-state index is 0.567. The Bertz CT molecular complexity index is 483. The molecule has 1 heterocycles. The fraction of sp³-hybridized carbons (Fsp3) is 0.231. The number of thioether (sulfide) groups is 1. The van der Waals surface area contributed by atoms with Crippen LogP contribution in [-0.4, -0.2) is 15.7 Å². The van der Waals surface area contributed by atoms with Crippen LogP contribution < -0.4 is 0 Å². The van der Waals surface area contributed by atoms with Crippen LogP contribution in [0, 0.1) is 0 Å². The molecule has 1 aromatic carbocycles. The summed E-state index contributed by atoms with van der Waals surface area (Å²) < 4.78 is 0. The average molecular weight is 262 g/mol. The van der Waals surface area contributed by atoms with Crippen LogP contribution in [0.3, 0.4) is 0 Å². The highest BCUT2D eigenvalue weighted by Gasteiger charge is 2.01. The Kier molecular flexibility index (Phi) is 4.45. The zero-order valence-electron chi connectivity index (χ0n) is 9.63. The predicted octanol–water partition coefficient (Wildman–Crippen LogP) is 3.69. The number of benzene rings is 1. The summed E-state index contributed by atoms with van der Waals surface area (Å²) in [5.41, 5.74) is 2.08. The molecule has 0 aliphatic carbocycles. The molecule has 0 aliphatic rings. The van der Waals surface area contributed by atoms with Crippen molar-refractivity contribution >= 4 is 24.4 Å². The molecule has 0 fully saturated rings. The van der Waals surface area contributed by atoms with Gasteiger partial charge in [-0.1, -0.05) is 19.1 Å². The monoisotopic (exact) mass is 262 g/mol. The lowest BCUT2D eigenvalue weighted by atomic mass is 10.1. The highest BCUT2D eigenvalue weighted by Crippen LogP contribution is 2.22. The van der Waals surface area contributed by atoms with Crippen LogP contribution in [0.4, 0.5) is 0 Å². The van der Waals surface area contributed by atoms with Gasteiger partial charge in [-0.05, 0) is 24.0 Å². The maximum atomic E-state index is 4.44. The van der Waals surface area contributed by atoms with Gasteiger partial charge in [-0.2, -0.15) is 12.6 Å². The molecule has 0 N–H and O–H groups in total. The van der Waals surface area contributed by atoms with Gasteiger partial charge >= 0.3 is 0 Å². The highest BCUT2D eigenvalue weighted by molar-refractivity contribution is 7.99. The topological polar surface area (TPSA) is 25.8 Å². The minimum Gasteiger partial charge on any atom is -0.240 e. The predicted molar refractivity (Wildman–Crippen MR) is 76.6 cm³/mol. The Morgan fingerprint density at radius 3 is 2.59 bits per heavy atom. The summed E-state index contributed by atoms with van der Waals surface area (Å²) in [7, 11) is 0. The molecule has 0 unspecified atom stereocenters. The van der Waals surface area contributed by atoms with Gasteiger partial charge in [-0.25, -0.2) is 9.97 Å². The first kappa shape index (κ1) is 12.5. The molecule has 4 heteroatoms. The molecule has 17 heavy (non-hydrogen) atoms. The van der Waals surface area contributed by atoms with Gasteiger partial charge in [0.1, 0.15) is 5.82 Å². The van der Waals surface area contributed by atoms with E-state index in [0.717, 1.165) is 22.8 Å². The third kappa shape index (κ3) is 3.23. The summed E-state index contributed by atoms with van der Waals surface area (Å²) in [6.45, 7) is 2.15. The van der Waals surface area contributed by atoms with Crippen LogP contribution >= 0.6 is 24.4 Å². The van der Waals surface area contributed by atoms with Crippen molar-refractivity contribution < 1.29 is 0 Å². The van der Waals surface area contributed by atoms with Gasteiger partial charge in [0.05, 0.1) is 11.4 Å². The molecule has 0 amide bonds. The lowest BCUT2D eigenvalue weighted by Crippen LogP contribution is -1.92. The third-order valence-electron chi connectivity index (χ3n) is 2.31. The summed E-state index contributed by atoms with van der Waals surface area (Å²) in [5, 5.41) is 0. The Morgan fingerprint density at radius 1 is 1.18 bits per heavy atom. The SMILES string of the molecule is CCSc1ccc(-c2ccnc(CS)n2)cc1. The largest absolute Gasteiger partial charge is 0.240 e. The Balaban J connectivity index is 2.26. The molecule has 0 radical (unpaired) electrons. The zero-order valence-corrected chi connectivity index (χ0v) is 11.3. The van der Waals surface area contributed by atoms with E-state index in [0.29, 0.717) is 5.75 Å². The zero-order chi connectivity index (χ0) is 12.1. The minimum atomic E-state index is 0.567. The van der Waals surface area contributed by atoms with E-state index in [1.54, 1.807) is 6.20 Å². The van der Waals surface area contributed by atoms with E-state index in [9.17, 15) is 0 Å². The van der Waals surface area contributed by atoms with E-state index < -0.39 is 0 Å². The Labute approximate surface area is 111 Å². The number of nitrogens with zero attached hydrogens (tertiary/aromatic N) is 2. The van der Waals surface area contributed by atoms with Gasteiger partial charge in [-0.3, -0.25) is 0 Å². The van der Waals surface area contributed by atoms with Crippen LogP contribution in [0.2, 0.25) is 0 Å². The number of hydrogen-bond acceptors (Lipinski definition) is 4. The second-order valence-corrected chi connectivity index (χ2v) is 5.13. The Hall–Kier alpha value is -1.00. The molecular weight excluding hydrogens is 248 g/mol. The molecule has 2 aromatic rings. The van der Waals surface area contributed by atoms with Gasteiger partial charge in [0.15, 0.2) is 0 Å². The van der Waals surface area contributed by atoms with Crippen molar-refractivity contribution in [1.82, 2.24) is 9.97 Å². The van der Waals surface area contributed by atoms with Crippen LogP contribution in [0.15, 0.2) is 41.4 Å². The smallest absolute Gasteiger partial charge is 0.138 e. The second kappa shape index (κ2) is 6.07. The van der Waals surface area contributed by atoms with Gasteiger partial charge in [-0.15, -0.1) is 11.8 Å². The maximum absolute atomic E-state index is 4.44. The summed E-state index contributed by atoms with van der Waals surface area (Å²) >= 11 is 6.03. The van der Waals surface area contributed by atoms with Crippen molar-refractivity contribution in [3.8, 4) is 11.3 Å². The van der Waals surface area contributed by atoms with Crippen molar-refractivity contribution in [3.05, 3.63) is 42.4 Å². The number of hydrogen-bond donors (Lipinski definition) is 1. The first-order chi connectivity index (χ1) is 8.33. The van der Waals surface area contributed by atoms with E-state index >= 15 is 0 Å². The fourth-order valence-corrected chi connectivity index (χ4v) is 2.34.